The van der Waals surface area contributed by atoms with Crippen LogP contribution in [-0.4, -0.2) is 22.6 Å². The summed E-state index contributed by atoms with van der Waals surface area (Å²) in [5, 5.41) is 2.95. The normalized spacial score (nSPS) is 11.0. The lowest BCUT2D eigenvalue weighted by Gasteiger charge is -2.24. The number of carbonyl (C=O) groups excluding carboxylic acids is 1. The van der Waals surface area contributed by atoms with Crippen molar-refractivity contribution in [1.29, 1.82) is 0 Å². The van der Waals surface area contributed by atoms with Gasteiger partial charge in [-0.25, -0.2) is 0 Å². The molecule has 0 aliphatic rings. The third-order valence-electron chi connectivity index (χ3n) is 3.10. The van der Waals surface area contributed by atoms with Crippen molar-refractivity contribution in [2.75, 3.05) is 6.54 Å². The molecule has 3 N–H and O–H groups in total. The van der Waals surface area contributed by atoms with Gasteiger partial charge in [-0.2, -0.15) is 0 Å². The molecular formula is C13H24ClN3O. The molecule has 1 heterocycles. The van der Waals surface area contributed by atoms with Gasteiger partial charge < -0.3 is 15.6 Å². The Labute approximate surface area is 115 Å². The fourth-order valence-electron chi connectivity index (χ4n) is 1.94. The van der Waals surface area contributed by atoms with Crippen molar-refractivity contribution in [3.63, 3.8) is 0 Å². The van der Waals surface area contributed by atoms with E-state index in [-0.39, 0.29) is 23.9 Å². The molecule has 5 heteroatoms. The van der Waals surface area contributed by atoms with Crippen LogP contribution in [0.2, 0.25) is 0 Å². The summed E-state index contributed by atoms with van der Waals surface area (Å²) in [5.74, 6) is -0.0479. The largest absolute Gasteiger partial charge is 0.349 e. The van der Waals surface area contributed by atoms with Gasteiger partial charge in [-0.1, -0.05) is 0 Å². The molecule has 0 bridgehead atoms. The average Bonchev–Trinajstić information content (AvgIpc) is 2.53. The van der Waals surface area contributed by atoms with E-state index in [1.165, 1.54) is 0 Å². The van der Waals surface area contributed by atoms with Gasteiger partial charge in [-0.15, -0.1) is 12.4 Å². The maximum atomic E-state index is 12.1. The topological polar surface area (TPSA) is 60.0 Å². The van der Waals surface area contributed by atoms with Crippen LogP contribution in [0.3, 0.4) is 0 Å². The van der Waals surface area contributed by atoms with Crippen molar-refractivity contribution in [2.24, 2.45) is 5.73 Å². The van der Waals surface area contributed by atoms with E-state index >= 15 is 0 Å². The summed E-state index contributed by atoms with van der Waals surface area (Å²) in [5.41, 5.74) is 8.11. The summed E-state index contributed by atoms with van der Waals surface area (Å²) in [4.78, 5) is 12.1. The summed E-state index contributed by atoms with van der Waals surface area (Å²) >= 11 is 0. The van der Waals surface area contributed by atoms with Crippen molar-refractivity contribution < 1.29 is 4.79 Å². The lowest BCUT2D eigenvalue weighted by Crippen LogP contribution is -2.48. The molecule has 4 nitrogen and oxygen atoms in total. The Balaban J connectivity index is 0.00000289. The van der Waals surface area contributed by atoms with Gasteiger partial charge in [0, 0.05) is 30.0 Å². The number of hydrogen-bond acceptors (Lipinski definition) is 2. The molecule has 0 aliphatic carbocycles. The van der Waals surface area contributed by atoms with Crippen LogP contribution in [0.5, 0.6) is 0 Å². The lowest BCUT2D eigenvalue weighted by atomic mass is 10.1. The van der Waals surface area contributed by atoms with E-state index in [0.29, 0.717) is 6.54 Å². The minimum Gasteiger partial charge on any atom is -0.349 e. The minimum absolute atomic E-state index is 0. The number of nitrogens with two attached hydrogens (primary N) is 1. The Kier molecular flexibility index (Phi) is 5.90. The van der Waals surface area contributed by atoms with Gasteiger partial charge in [0.25, 0.3) is 5.91 Å². The molecule has 104 valence electrons. The molecule has 1 amide bonds. The molecular weight excluding hydrogens is 250 g/mol. The summed E-state index contributed by atoms with van der Waals surface area (Å²) in [6.45, 7) is 11.2. The number of hydrogen-bond donors (Lipinski definition) is 2. The molecule has 1 aromatic rings. The van der Waals surface area contributed by atoms with Crippen LogP contribution >= 0.6 is 12.4 Å². The second-order valence-corrected chi connectivity index (χ2v) is 5.07. The Bertz CT molecular complexity index is 424. The van der Waals surface area contributed by atoms with Crippen molar-refractivity contribution in [1.82, 2.24) is 9.88 Å². The molecule has 0 aromatic carbocycles. The predicted octanol–water partition coefficient (Wildman–Crippen LogP) is 2.01. The molecule has 1 rings (SSSR count). The van der Waals surface area contributed by atoms with E-state index < -0.39 is 0 Å². The van der Waals surface area contributed by atoms with Crippen molar-refractivity contribution in [3.8, 4) is 0 Å². The molecule has 0 atom stereocenters. The molecule has 0 unspecified atom stereocenters. The first-order valence-corrected chi connectivity index (χ1v) is 6.01. The van der Waals surface area contributed by atoms with E-state index in [1.807, 2.05) is 33.8 Å². The van der Waals surface area contributed by atoms with Gasteiger partial charge in [0.1, 0.15) is 0 Å². The van der Waals surface area contributed by atoms with Crippen LogP contribution in [0.25, 0.3) is 0 Å². The maximum absolute atomic E-state index is 12.1. The second-order valence-electron chi connectivity index (χ2n) is 5.07. The predicted molar refractivity (Wildman–Crippen MR) is 77.4 cm³/mol. The van der Waals surface area contributed by atoms with Gasteiger partial charge in [-0.3, -0.25) is 4.79 Å². The summed E-state index contributed by atoms with van der Waals surface area (Å²) in [7, 11) is 0. The minimum atomic E-state index is -0.369. The third kappa shape index (κ3) is 3.50. The van der Waals surface area contributed by atoms with Crippen LogP contribution in [0.15, 0.2) is 6.07 Å². The Morgan fingerprint density at radius 1 is 1.44 bits per heavy atom. The summed E-state index contributed by atoms with van der Waals surface area (Å²) in [6.07, 6.45) is 0. The standard InChI is InChI=1S/C13H23N3O.ClH/c1-6-16-9(2)7-11(10(16)3)12(17)15-13(4,5)8-14;/h7H,6,8,14H2,1-5H3,(H,15,17);1H. The van der Waals surface area contributed by atoms with E-state index in [1.54, 1.807) is 0 Å². The van der Waals surface area contributed by atoms with Gasteiger partial charge in [-0.05, 0) is 40.7 Å². The van der Waals surface area contributed by atoms with E-state index in [9.17, 15) is 4.79 Å². The highest BCUT2D eigenvalue weighted by Gasteiger charge is 2.22. The SMILES string of the molecule is CCn1c(C)cc(C(=O)NC(C)(C)CN)c1C.Cl. The molecule has 18 heavy (non-hydrogen) atoms. The highest BCUT2D eigenvalue weighted by molar-refractivity contribution is 5.96. The number of aromatic nitrogens is 1. The zero-order chi connectivity index (χ0) is 13.2. The van der Waals surface area contributed by atoms with Gasteiger partial charge in [0.05, 0.1) is 5.56 Å². The van der Waals surface area contributed by atoms with Crippen molar-refractivity contribution in [2.45, 2.75) is 46.7 Å². The highest BCUT2D eigenvalue weighted by atomic mass is 35.5. The summed E-state index contributed by atoms with van der Waals surface area (Å²) < 4.78 is 2.13. The second kappa shape index (κ2) is 6.25. The molecule has 0 aliphatic heterocycles. The monoisotopic (exact) mass is 273 g/mol. The van der Waals surface area contributed by atoms with Crippen LogP contribution in [0, 0.1) is 13.8 Å². The maximum Gasteiger partial charge on any atom is 0.253 e. The smallest absolute Gasteiger partial charge is 0.253 e. The zero-order valence-electron chi connectivity index (χ0n) is 11.8. The van der Waals surface area contributed by atoms with Crippen LogP contribution in [-0.2, 0) is 6.54 Å². The fraction of sp³-hybridized carbons (Fsp3) is 0.615. The molecule has 0 saturated heterocycles. The van der Waals surface area contributed by atoms with Crippen molar-refractivity contribution >= 4 is 18.3 Å². The molecule has 0 spiro atoms. The Morgan fingerprint density at radius 3 is 2.39 bits per heavy atom. The Morgan fingerprint density at radius 2 is 2.00 bits per heavy atom. The number of aryl methyl sites for hydroxylation is 1. The highest BCUT2D eigenvalue weighted by Crippen LogP contribution is 2.15. The molecule has 1 aromatic heterocycles. The number of rotatable bonds is 4. The summed E-state index contributed by atoms with van der Waals surface area (Å²) in [6, 6.07) is 1.93. The third-order valence-corrected chi connectivity index (χ3v) is 3.10. The fourth-order valence-corrected chi connectivity index (χ4v) is 1.94. The van der Waals surface area contributed by atoms with Gasteiger partial charge in [0.15, 0.2) is 0 Å². The first-order valence-electron chi connectivity index (χ1n) is 6.01. The van der Waals surface area contributed by atoms with Gasteiger partial charge >= 0.3 is 0 Å². The van der Waals surface area contributed by atoms with Crippen LogP contribution in [0.1, 0.15) is 42.5 Å². The van der Waals surface area contributed by atoms with Crippen LogP contribution < -0.4 is 11.1 Å². The van der Waals surface area contributed by atoms with Crippen molar-refractivity contribution in [3.05, 3.63) is 23.0 Å². The van der Waals surface area contributed by atoms with E-state index in [2.05, 4.69) is 16.8 Å². The number of nitrogens with zero attached hydrogens (tertiary/aromatic N) is 1. The number of nitrogens with one attached hydrogen (secondary N) is 1. The number of halogens is 1. The quantitative estimate of drug-likeness (QED) is 0.882. The average molecular weight is 274 g/mol. The Hall–Kier alpha value is -1.00. The van der Waals surface area contributed by atoms with E-state index in [4.69, 9.17) is 5.73 Å². The van der Waals surface area contributed by atoms with Crippen LogP contribution in [0.4, 0.5) is 0 Å². The van der Waals surface area contributed by atoms with Gasteiger partial charge in [0.2, 0.25) is 0 Å². The molecule has 0 fully saturated rings. The first kappa shape index (κ1) is 17.0. The van der Waals surface area contributed by atoms with E-state index in [0.717, 1.165) is 23.5 Å². The molecule has 0 saturated carbocycles. The first-order chi connectivity index (χ1) is 7.82. The number of carbonyl (C=O) groups is 1. The zero-order valence-corrected chi connectivity index (χ0v) is 12.6. The number of amides is 1. The lowest BCUT2D eigenvalue weighted by molar-refractivity contribution is 0.0915. The molecule has 0 radical (unpaired) electrons.